The van der Waals surface area contributed by atoms with Crippen molar-refractivity contribution in [3.05, 3.63) is 85.0 Å². The summed E-state index contributed by atoms with van der Waals surface area (Å²) in [4.78, 5) is 22.8. The predicted molar refractivity (Wildman–Crippen MR) is 136 cm³/mol. The van der Waals surface area contributed by atoms with E-state index in [-0.39, 0.29) is 28.5 Å². The standard InChI is InChI=1S/C29H20F6O6/c1-3-22(36)38-15-5-6-16-7-9-17(10-8-16)18-11-12-19-20-13-14-21(39-23(37)4-2)27(41-29(33,34)35)26(20)40-25(19)24(18)28(30,31)32/h3-4,7-14H,1-2,5-6,15H2. The molecule has 214 valence electrons. The van der Waals surface area contributed by atoms with Crippen molar-refractivity contribution in [3.8, 4) is 22.6 Å². The molecule has 1 aromatic heterocycles. The Morgan fingerprint density at radius 3 is 2.07 bits per heavy atom. The smallest absolute Gasteiger partial charge is 0.463 e. The highest BCUT2D eigenvalue weighted by Gasteiger charge is 2.39. The zero-order valence-electron chi connectivity index (χ0n) is 21.0. The number of carbonyl (C=O) groups excluding carboxylic acids is 2. The lowest BCUT2D eigenvalue weighted by Gasteiger charge is -2.14. The maximum atomic E-state index is 14.4. The van der Waals surface area contributed by atoms with Crippen molar-refractivity contribution in [2.45, 2.75) is 25.4 Å². The van der Waals surface area contributed by atoms with Crippen LogP contribution in [0.2, 0.25) is 0 Å². The number of carbonyl (C=O) groups is 2. The number of hydrogen-bond donors (Lipinski definition) is 0. The molecule has 0 saturated carbocycles. The average Bonchev–Trinajstić information content (AvgIpc) is 3.29. The van der Waals surface area contributed by atoms with Crippen molar-refractivity contribution in [3.63, 3.8) is 0 Å². The second kappa shape index (κ2) is 11.4. The molecule has 0 unspecified atom stereocenters. The first kappa shape index (κ1) is 29.2. The van der Waals surface area contributed by atoms with Gasteiger partial charge in [-0.25, -0.2) is 9.59 Å². The molecule has 0 saturated heterocycles. The SMILES string of the molecule is C=CC(=O)OCCCc1ccc(-c2ccc3c(oc4c(OC(F)(F)F)c(OC(=O)C=C)ccc43)c2C(F)(F)F)cc1. The van der Waals surface area contributed by atoms with Crippen molar-refractivity contribution in [1.82, 2.24) is 0 Å². The fourth-order valence-electron chi connectivity index (χ4n) is 4.18. The zero-order valence-corrected chi connectivity index (χ0v) is 21.0. The minimum atomic E-state index is -5.28. The molecule has 0 atom stereocenters. The van der Waals surface area contributed by atoms with Crippen molar-refractivity contribution in [2.75, 3.05) is 6.61 Å². The van der Waals surface area contributed by atoms with E-state index in [0.717, 1.165) is 23.8 Å². The molecule has 0 N–H and O–H groups in total. The number of benzene rings is 3. The van der Waals surface area contributed by atoms with Crippen LogP contribution in [-0.4, -0.2) is 24.9 Å². The molecule has 3 aromatic carbocycles. The lowest BCUT2D eigenvalue weighted by atomic mass is 9.95. The van der Waals surface area contributed by atoms with E-state index in [4.69, 9.17) is 13.9 Å². The molecule has 0 amide bonds. The minimum Gasteiger partial charge on any atom is -0.463 e. The van der Waals surface area contributed by atoms with Gasteiger partial charge in [0.2, 0.25) is 5.75 Å². The van der Waals surface area contributed by atoms with Crippen molar-refractivity contribution >= 4 is 33.9 Å². The number of fused-ring (bicyclic) bond motifs is 3. The fourth-order valence-corrected chi connectivity index (χ4v) is 4.18. The normalized spacial score (nSPS) is 11.9. The molecule has 4 aromatic rings. The molecular formula is C29H20F6O6. The van der Waals surface area contributed by atoms with Gasteiger partial charge >= 0.3 is 24.5 Å². The molecule has 0 fully saturated rings. The van der Waals surface area contributed by atoms with Crippen molar-refractivity contribution in [1.29, 1.82) is 0 Å². The molecule has 4 rings (SSSR count). The molecule has 1 heterocycles. The molecule has 0 spiro atoms. The van der Waals surface area contributed by atoms with E-state index in [1.807, 2.05) is 0 Å². The summed E-state index contributed by atoms with van der Waals surface area (Å²) < 4.78 is 102. The van der Waals surface area contributed by atoms with Gasteiger partial charge in [-0.05, 0) is 47.7 Å². The molecule has 41 heavy (non-hydrogen) atoms. The number of halogens is 6. The number of esters is 2. The largest absolute Gasteiger partial charge is 0.573 e. The lowest BCUT2D eigenvalue weighted by Crippen LogP contribution is -2.18. The summed E-state index contributed by atoms with van der Waals surface area (Å²) in [5, 5.41) is -0.252. The van der Waals surface area contributed by atoms with Crippen LogP contribution < -0.4 is 9.47 Å². The van der Waals surface area contributed by atoms with Crippen LogP contribution in [0.1, 0.15) is 17.5 Å². The van der Waals surface area contributed by atoms with Crippen LogP contribution in [0.15, 0.2) is 78.3 Å². The van der Waals surface area contributed by atoms with Gasteiger partial charge in [-0.1, -0.05) is 43.5 Å². The van der Waals surface area contributed by atoms with Gasteiger partial charge in [0.25, 0.3) is 0 Å². The van der Waals surface area contributed by atoms with E-state index >= 15 is 0 Å². The summed E-state index contributed by atoms with van der Waals surface area (Å²) in [6, 6.07) is 10.8. The fraction of sp³-hybridized carbons (Fsp3) is 0.172. The van der Waals surface area contributed by atoms with E-state index < -0.39 is 52.7 Å². The zero-order chi connectivity index (χ0) is 29.9. The Kier molecular flexibility index (Phi) is 8.13. The summed E-state index contributed by atoms with van der Waals surface area (Å²) in [6.45, 7) is 6.60. The third-order valence-electron chi connectivity index (χ3n) is 5.89. The lowest BCUT2D eigenvalue weighted by molar-refractivity contribution is -0.274. The average molecular weight is 578 g/mol. The van der Waals surface area contributed by atoms with Gasteiger partial charge in [0.05, 0.1) is 6.61 Å². The predicted octanol–water partition coefficient (Wildman–Crippen LogP) is 7.92. The maximum Gasteiger partial charge on any atom is 0.573 e. The third-order valence-corrected chi connectivity index (χ3v) is 5.89. The Balaban J connectivity index is 1.81. The van der Waals surface area contributed by atoms with Gasteiger partial charge in [-0.15, -0.1) is 13.2 Å². The van der Waals surface area contributed by atoms with E-state index in [2.05, 4.69) is 17.9 Å². The molecule has 0 radical (unpaired) electrons. The van der Waals surface area contributed by atoms with Gasteiger partial charge in [-0.2, -0.15) is 13.2 Å². The third kappa shape index (κ3) is 6.53. The van der Waals surface area contributed by atoms with Crippen LogP contribution in [0.25, 0.3) is 33.1 Å². The van der Waals surface area contributed by atoms with Crippen molar-refractivity contribution in [2.24, 2.45) is 0 Å². The number of alkyl halides is 6. The van der Waals surface area contributed by atoms with Crippen LogP contribution in [0.5, 0.6) is 11.5 Å². The summed E-state index contributed by atoms with van der Waals surface area (Å²) in [7, 11) is 0. The Bertz CT molecular complexity index is 1630. The van der Waals surface area contributed by atoms with Gasteiger partial charge < -0.3 is 18.6 Å². The summed E-state index contributed by atoms with van der Waals surface area (Å²) >= 11 is 0. The van der Waals surface area contributed by atoms with Crippen LogP contribution in [-0.2, 0) is 26.9 Å². The van der Waals surface area contributed by atoms with Gasteiger partial charge in [-0.3, -0.25) is 0 Å². The topological polar surface area (TPSA) is 75.0 Å². The first-order valence-electron chi connectivity index (χ1n) is 11.9. The number of ether oxygens (including phenoxy) is 3. The minimum absolute atomic E-state index is 0.123. The quantitative estimate of drug-likeness (QED) is 0.0661. The van der Waals surface area contributed by atoms with E-state index in [9.17, 15) is 35.9 Å². The second-order valence-electron chi connectivity index (χ2n) is 8.58. The Morgan fingerprint density at radius 1 is 0.829 bits per heavy atom. The Labute approximate surface area is 228 Å². The van der Waals surface area contributed by atoms with E-state index in [1.54, 1.807) is 12.1 Å². The van der Waals surface area contributed by atoms with E-state index in [1.165, 1.54) is 24.3 Å². The number of aryl methyl sites for hydroxylation is 1. The summed E-state index contributed by atoms with van der Waals surface area (Å²) in [5.41, 5.74) is -1.95. The number of rotatable bonds is 9. The Hall–Kier alpha value is -4.74. The summed E-state index contributed by atoms with van der Waals surface area (Å²) in [6.07, 6.45) is -7.57. The highest BCUT2D eigenvalue weighted by molar-refractivity contribution is 6.10. The molecule has 12 heteroatoms. The highest BCUT2D eigenvalue weighted by atomic mass is 19.4. The van der Waals surface area contributed by atoms with Crippen LogP contribution >= 0.6 is 0 Å². The van der Waals surface area contributed by atoms with Crippen molar-refractivity contribution < 1.29 is 54.6 Å². The molecule has 6 nitrogen and oxygen atoms in total. The maximum absolute atomic E-state index is 14.4. The second-order valence-corrected chi connectivity index (χ2v) is 8.58. The van der Waals surface area contributed by atoms with Gasteiger partial charge in [0, 0.05) is 22.9 Å². The molecule has 0 aliphatic heterocycles. The number of furan rings is 1. The summed E-state index contributed by atoms with van der Waals surface area (Å²) in [5.74, 6) is -3.51. The van der Waals surface area contributed by atoms with E-state index in [0.29, 0.717) is 18.9 Å². The molecule has 0 bridgehead atoms. The first-order chi connectivity index (χ1) is 19.3. The number of hydrogen-bond acceptors (Lipinski definition) is 6. The molecule has 0 aliphatic rings. The Morgan fingerprint density at radius 2 is 1.46 bits per heavy atom. The monoisotopic (exact) mass is 578 g/mol. The highest BCUT2D eigenvalue weighted by Crippen LogP contribution is 2.48. The molecular weight excluding hydrogens is 558 g/mol. The van der Waals surface area contributed by atoms with Gasteiger partial charge in [0.1, 0.15) is 11.1 Å². The first-order valence-corrected chi connectivity index (χ1v) is 11.9. The van der Waals surface area contributed by atoms with Crippen LogP contribution in [0, 0.1) is 0 Å². The molecule has 0 aliphatic carbocycles. The van der Waals surface area contributed by atoms with Gasteiger partial charge in [0.15, 0.2) is 11.3 Å². The van der Waals surface area contributed by atoms with Crippen LogP contribution in [0.4, 0.5) is 26.3 Å². The van der Waals surface area contributed by atoms with Crippen LogP contribution in [0.3, 0.4) is 0 Å².